The topological polar surface area (TPSA) is 3.24 Å². The van der Waals surface area contributed by atoms with E-state index < -0.39 is 0 Å². The second-order valence-electron chi connectivity index (χ2n) is 5.11. The van der Waals surface area contributed by atoms with Gasteiger partial charge in [0.2, 0.25) is 0 Å². The Hall–Kier alpha value is -0.820. The predicted molar refractivity (Wildman–Crippen MR) is 65.1 cm³/mol. The van der Waals surface area contributed by atoms with E-state index in [1.165, 1.54) is 30.6 Å². The van der Waals surface area contributed by atoms with Gasteiger partial charge in [-0.1, -0.05) is 29.8 Å². The molecule has 0 bridgehead atoms. The van der Waals surface area contributed by atoms with Crippen LogP contribution in [0.3, 0.4) is 0 Å². The number of hydrogen-bond donors (Lipinski definition) is 0. The molecule has 0 spiro atoms. The first-order valence-corrected chi connectivity index (χ1v) is 5.95. The fraction of sp³-hybridized carbons (Fsp3) is 0.571. The molecule has 1 aliphatic heterocycles. The number of benzene rings is 1. The molecule has 0 radical (unpaired) electrons. The summed E-state index contributed by atoms with van der Waals surface area (Å²) >= 11 is 0. The molecule has 1 aliphatic rings. The first-order valence-electron chi connectivity index (χ1n) is 5.95. The number of aryl methyl sites for hydroxylation is 1. The smallest absolute Gasteiger partial charge is 0.00388 e. The molecule has 0 saturated carbocycles. The highest BCUT2D eigenvalue weighted by Crippen LogP contribution is 2.22. The molecular formula is C14H21N. The van der Waals surface area contributed by atoms with Gasteiger partial charge >= 0.3 is 0 Å². The molecule has 82 valence electrons. The van der Waals surface area contributed by atoms with Crippen molar-refractivity contribution >= 4 is 0 Å². The second kappa shape index (κ2) is 4.36. The number of hydrogen-bond acceptors (Lipinski definition) is 1. The van der Waals surface area contributed by atoms with Gasteiger partial charge < -0.3 is 4.90 Å². The molecule has 0 amide bonds. The van der Waals surface area contributed by atoms with Crippen LogP contribution >= 0.6 is 0 Å². The summed E-state index contributed by atoms with van der Waals surface area (Å²) < 4.78 is 0. The van der Waals surface area contributed by atoms with E-state index in [1.54, 1.807) is 0 Å². The summed E-state index contributed by atoms with van der Waals surface area (Å²) in [6.07, 6.45) is 1.25. The Balaban J connectivity index is 1.85. The van der Waals surface area contributed by atoms with Crippen LogP contribution in [0, 0.1) is 12.8 Å². The molecule has 0 unspecified atom stereocenters. The Labute approximate surface area is 93.1 Å². The van der Waals surface area contributed by atoms with Crippen LogP contribution in [0.5, 0.6) is 0 Å². The molecule has 0 aliphatic carbocycles. The van der Waals surface area contributed by atoms with Crippen molar-refractivity contribution in [1.82, 2.24) is 4.90 Å². The summed E-state index contributed by atoms with van der Waals surface area (Å²) in [4.78, 5) is 2.54. The van der Waals surface area contributed by atoms with Crippen molar-refractivity contribution in [3.8, 4) is 0 Å². The van der Waals surface area contributed by atoms with Gasteiger partial charge in [-0.3, -0.25) is 0 Å². The Morgan fingerprint density at radius 2 is 2.07 bits per heavy atom. The molecule has 1 heterocycles. The highest BCUT2D eigenvalue weighted by molar-refractivity contribution is 5.23. The van der Waals surface area contributed by atoms with Gasteiger partial charge in [0.05, 0.1) is 0 Å². The summed E-state index contributed by atoms with van der Waals surface area (Å²) in [5.74, 6) is 0.884. The third kappa shape index (κ3) is 2.60. The molecule has 0 atom stereocenters. The summed E-state index contributed by atoms with van der Waals surface area (Å²) in [6.45, 7) is 9.30. The van der Waals surface area contributed by atoms with Gasteiger partial charge in [-0.15, -0.1) is 0 Å². The van der Waals surface area contributed by atoms with Gasteiger partial charge in [0, 0.05) is 19.1 Å². The zero-order valence-electron chi connectivity index (χ0n) is 10.0. The molecule has 1 heteroatoms. The molecule has 1 nitrogen and oxygen atoms in total. The van der Waals surface area contributed by atoms with Gasteiger partial charge in [-0.25, -0.2) is 0 Å². The van der Waals surface area contributed by atoms with Crippen LogP contribution in [0.2, 0.25) is 0 Å². The number of likely N-dealkylation sites (tertiary alicyclic amines) is 1. The zero-order valence-corrected chi connectivity index (χ0v) is 10.0. The van der Waals surface area contributed by atoms with E-state index in [9.17, 15) is 0 Å². The third-order valence-electron chi connectivity index (χ3n) is 3.32. The average Bonchev–Trinajstić information content (AvgIpc) is 2.10. The lowest BCUT2D eigenvalue weighted by Crippen LogP contribution is -2.50. The largest absolute Gasteiger partial charge is 0.300 e. The van der Waals surface area contributed by atoms with Crippen LogP contribution in [0.15, 0.2) is 24.3 Å². The molecule has 15 heavy (non-hydrogen) atoms. The van der Waals surface area contributed by atoms with Crippen LogP contribution in [0.4, 0.5) is 0 Å². The first kappa shape index (κ1) is 10.7. The van der Waals surface area contributed by atoms with Crippen molar-refractivity contribution in [3.63, 3.8) is 0 Å². The fourth-order valence-electron chi connectivity index (χ4n) is 2.33. The van der Waals surface area contributed by atoms with Gasteiger partial charge in [-0.05, 0) is 38.7 Å². The summed E-state index contributed by atoms with van der Waals surface area (Å²) in [6, 6.07) is 9.64. The molecule has 2 rings (SSSR count). The van der Waals surface area contributed by atoms with E-state index in [2.05, 4.69) is 49.9 Å². The van der Waals surface area contributed by atoms with Crippen molar-refractivity contribution in [3.05, 3.63) is 35.4 Å². The highest BCUT2D eigenvalue weighted by atomic mass is 15.2. The summed E-state index contributed by atoms with van der Waals surface area (Å²) in [7, 11) is 0. The molecule has 0 N–H and O–H groups in total. The third-order valence-corrected chi connectivity index (χ3v) is 3.32. The monoisotopic (exact) mass is 203 g/mol. The highest BCUT2D eigenvalue weighted by Gasteiger charge is 2.28. The van der Waals surface area contributed by atoms with Crippen molar-refractivity contribution in [2.75, 3.05) is 13.1 Å². The van der Waals surface area contributed by atoms with Gasteiger partial charge in [0.1, 0.15) is 0 Å². The van der Waals surface area contributed by atoms with E-state index in [4.69, 9.17) is 0 Å². The molecule has 1 fully saturated rings. The van der Waals surface area contributed by atoms with Crippen molar-refractivity contribution < 1.29 is 0 Å². The maximum absolute atomic E-state index is 2.54. The van der Waals surface area contributed by atoms with E-state index in [0.717, 1.165) is 12.0 Å². The zero-order chi connectivity index (χ0) is 10.8. The lowest BCUT2D eigenvalue weighted by molar-refractivity contribution is 0.0681. The maximum atomic E-state index is 2.54. The Morgan fingerprint density at radius 3 is 2.67 bits per heavy atom. The van der Waals surface area contributed by atoms with E-state index in [-0.39, 0.29) is 0 Å². The van der Waals surface area contributed by atoms with E-state index >= 15 is 0 Å². The van der Waals surface area contributed by atoms with Gasteiger partial charge in [0.15, 0.2) is 0 Å². The van der Waals surface area contributed by atoms with Crippen molar-refractivity contribution in [2.45, 2.75) is 33.2 Å². The molecular weight excluding hydrogens is 182 g/mol. The summed E-state index contributed by atoms with van der Waals surface area (Å²) in [5.41, 5.74) is 2.89. The molecule has 0 aromatic heterocycles. The van der Waals surface area contributed by atoms with Gasteiger partial charge in [0.25, 0.3) is 0 Å². The minimum absolute atomic E-state index is 0.721. The predicted octanol–water partition coefficient (Wildman–Crippen LogP) is 2.88. The van der Waals surface area contributed by atoms with Crippen LogP contribution in [0.1, 0.15) is 25.0 Å². The first-order chi connectivity index (χ1) is 7.15. The minimum atomic E-state index is 0.721. The molecule has 1 saturated heterocycles. The Morgan fingerprint density at radius 1 is 1.33 bits per heavy atom. The van der Waals surface area contributed by atoms with Crippen LogP contribution in [0.25, 0.3) is 0 Å². The van der Waals surface area contributed by atoms with Crippen molar-refractivity contribution in [2.24, 2.45) is 5.92 Å². The average molecular weight is 203 g/mol. The Kier molecular flexibility index (Phi) is 3.11. The van der Waals surface area contributed by atoms with Crippen LogP contribution in [-0.4, -0.2) is 24.0 Å². The lowest BCUT2D eigenvalue weighted by atomic mass is 9.90. The van der Waals surface area contributed by atoms with E-state index in [0.29, 0.717) is 0 Å². The maximum Gasteiger partial charge on any atom is 0.00388 e. The summed E-state index contributed by atoms with van der Waals surface area (Å²) in [5, 5.41) is 0. The normalized spacial score (nSPS) is 18.1. The van der Waals surface area contributed by atoms with E-state index in [1.807, 2.05) is 0 Å². The quantitative estimate of drug-likeness (QED) is 0.730. The standard InChI is InChI=1S/C14H21N/c1-11(2)15-9-14(10-15)8-13-6-4-5-12(3)7-13/h4-7,11,14H,8-10H2,1-3H3. The number of nitrogens with zero attached hydrogens (tertiary/aromatic N) is 1. The van der Waals surface area contributed by atoms with Crippen molar-refractivity contribution in [1.29, 1.82) is 0 Å². The van der Waals surface area contributed by atoms with Crippen LogP contribution in [-0.2, 0) is 6.42 Å². The SMILES string of the molecule is Cc1cccc(CC2CN(C(C)C)C2)c1. The number of rotatable bonds is 3. The molecule has 1 aromatic rings. The Bertz CT molecular complexity index is 324. The van der Waals surface area contributed by atoms with Crippen LogP contribution < -0.4 is 0 Å². The second-order valence-corrected chi connectivity index (χ2v) is 5.11. The minimum Gasteiger partial charge on any atom is -0.300 e. The fourth-order valence-corrected chi connectivity index (χ4v) is 2.33. The molecule has 1 aromatic carbocycles. The van der Waals surface area contributed by atoms with Gasteiger partial charge in [-0.2, -0.15) is 0 Å². The lowest BCUT2D eigenvalue weighted by Gasteiger charge is -2.42.